The molecule has 0 aromatic carbocycles. The lowest BCUT2D eigenvalue weighted by Crippen LogP contribution is -2.59. The van der Waals surface area contributed by atoms with E-state index in [0.717, 1.165) is 0 Å². The Kier molecular flexibility index (Phi) is 5.26. The molecule has 3 N–H and O–H groups in total. The van der Waals surface area contributed by atoms with E-state index < -0.39 is 41.4 Å². The highest BCUT2D eigenvalue weighted by Gasteiger charge is 2.56. The molecular weight excluding hydrogens is 382 g/mol. The zero-order valence-electron chi connectivity index (χ0n) is 17.7. The Balaban J connectivity index is 1.34. The van der Waals surface area contributed by atoms with E-state index in [-0.39, 0.29) is 43.8 Å². The topological polar surface area (TPSA) is 116 Å². The van der Waals surface area contributed by atoms with Crippen molar-refractivity contribution in [2.24, 2.45) is 0 Å². The minimum absolute atomic E-state index is 0.0712. The molecule has 166 valence electrons. The third-order valence-electron chi connectivity index (χ3n) is 6.19. The predicted octanol–water partition coefficient (Wildman–Crippen LogP) is 0.206. The Morgan fingerprint density at radius 3 is 2.31 bits per heavy atom. The van der Waals surface area contributed by atoms with Crippen LogP contribution in [0.3, 0.4) is 0 Å². The van der Waals surface area contributed by atoms with E-state index in [1.54, 1.807) is 13.8 Å². The van der Waals surface area contributed by atoms with E-state index in [9.17, 15) is 15.0 Å². The van der Waals surface area contributed by atoms with Crippen molar-refractivity contribution in [3.63, 3.8) is 0 Å². The van der Waals surface area contributed by atoms with Crippen LogP contribution in [0.2, 0.25) is 0 Å². The second kappa shape index (κ2) is 7.12. The second-order valence-corrected chi connectivity index (χ2v) is 9.69. The van der Waals surface area contributed by atoms with Crippen molar-refractivity contribution in [1.82, 2.24) is 5.32 Å². The Hall–Kier alpha value is -0.810. The molecule has 0 aromatic rings. The van der Waals surface area contributed by atoms with Crippen LogP contribution in [0.1, 0.15) is 53.9 Å². The SMILES string of the molecule is C[C@H]1O[C@@H](CNC(=O)[C@@]2(O)C[C@@H](O)[C@@H]3OC(C)(C)O[C@@H]3C2)C[C@@H]2OC(C)(C)O[C@@H]21. The van der Waals surface area contributed by atoms with Crippen molar-refractivity contribution in [3.8, 4) is 0 Å². The van der Waals surface area contributed by atoms with Crippen molar-refractivity contribution in [2.45, 2.75) is 114 Å². The summed E-state index contributed by atoms with van der Waals surface area (Å²) in [5, 5.41) is 24.1. The second-order valence-electron chi connectivity index (χ2n) is 9.69. The van der Waals surface area contributed by atoms with Gasteiger partial charge in [0.05, 0.1) is 30.5 Å². The van der Waals surface area contributed by atoms with Gasteiger partial charge >= 0.3 is 0 Å². The molecule has 3 saturated heterocycles. The van der Waals surface area contributed by atoms with Crippen molar-refractivity contribution in [2.75, 3.05) is 6.54 Å². The van der Waals surface area contributed by atoms with Crippen LogP contribution in [0, 0.1) is 0 Å². The van der Waals surface area contributed by atoms with Crippen LogP contribution in [0.15, 0.2) is 0 Å². The molecule has 9 heteroatoms. The number of fused-ring (bicyclic) bond motifs is 2. The standard InChI is InChI=1S/C20H33NO8/c1-10-15-13(26-18(2,3)28-15)6-11(25-10)9-21-17(23)20(24)7-12(22)16-14(8-20)27-19(4,5)29-16/h10-16,22,24H,6-9H2,1-5H3,(H,21,23)/t10-,11-,12-,13+,14-,15-,16+,20-/m1/s1. The van der Waals surface area contributed by atoms with E-state index in [1.807, 2.05) is 20.8 Å². The molecule has 29 heavy (non-hydrogen) atoms. The van der Waals surface area contributed by atoms with Gasteiger partial charge in [-0.2, -0.15) is 0 Å². The average molecular weight is 415 g/mol. The largest absolute Gasteiger partial charge is 0.390 e. The number of carbonyl (C=O) groups excluding carboxylic acids is 1. The van der Waals surface area contributed by atoms with Gasteiger partial charge in [0.25, 0.3) is 5.91 Å². The number of nitrogens with one attached hydrogen (secondary N) is 1. The fraction of sp³-hybridized carbons (Fsp3) is 0.950. The minimum atomic E-state index is -1.72. The van der Waals surface area contributed by atoms with Gasteiger partial charge in [0.15, 0.2) is 11.6 Å². The molecule has 9 nitrogen and oxygen atoms in total. The van der Waals surface area contributed by atoms with Crippen LogP contribution in [-0.4, -0.2) is 82.6 Å². The summed E-state index contributed by atoms with van der Waals surface area (Å²) in [5.41, 5.74) is -1.72. The lowest BCUT2D eigenvalue weighted by Gasteiger charge is -2.39. The first-order valence-corrected chi connectivity index (χ1v) is 10.4. The van der Waals surface area contributed by atoms with Crippen LogP contribution in [0.25, 0.3) is 0 Å². The highest BCUT2D eigenvalue weighted by atomic mass is 16.8. The molecule has 1 aliphatic carbocycles. The Labute approximate surface area is 171 Å². The molecule has 8 atom stereocenters. The van der Waals surface area contributed by atoms with Gasteiger partial charge in [-0.3, -0.25) is 4.79 Å². The molecule has 0 bridgehead atoms. The van der Waals surface area contributed by atoms with Gasteiger partial charge in [-0.25, -0.2) is 0 Å². The predicted molar refractivity (Wildman–Crippen MR) is 99.8 cm³/mol. The Bertz CT molecular complexity index is 654. The number of rotatable bonds is 3. The van der Waals surface area contributed by atoms with Gasteiger partial charge in [-0.05, 0) is 34.6 Å². The minimum Gasteiger partial charge on any atom is -0.390 e. The smallest absolute Gasteiger partial charge is 0.252 e. The van der Waals surface area contributed by atoms with Crippen LogP contribution in [-0.2, 0) is 28.5 Å². The first-order valence-electron chi connectivity index (χ1n) is 10.4. The van der Waals surface area contributed by atoms with Gasteiger partial charge in [-0.15, -0.1) is 0 Å². The highest BCUT2D eigenvalue weighted by molar-refractivity contribution is 5.85. The fourth-order valence-electron chi connectivity index (χ4n) is 5.05. The number of aliphatic hydroxyl groups is 2. The van der Waals surface area contributed by atoms with Crippen molar-refractivity contribution >= 4 is 5.91 Å². The lowest BCUT2D eigenvalue weighted by atomic mass is 9.79. The van der Waals surface area contributed by atoms with Gasteiger partial charge in [0.2, 0.25) is 0 Å². The molecule has 4 fully saturated rings. The van der Waals surface area contributed by atoms with E-state index in [1.165, 1.54) is 0 Å². The van der Waals surface area contributed by atoms with Gasteiger partial charge in [0.1, 0.15) is 17.8 Å². The van der Waals surface area contributed by atoms with E-state index in [2.05, 4.69) is 5.32 Å². The third-order valence-corrected chi connectivity index (χ3v) is 6.19. The molecule has 4 aliphatic rings. The van der Waals surface area contributed by atoms with E-state index >= 15 is 0 Å². The van der Waals surface area contributed by atoms with Crippen LogP contribution >= 0.6 is 0 Å². The quantitative estimate of drug-likeness (QED) is 0.599. The summed E-state index contributed by atoms with van der Waals surface area (Å²) in [7, 11) is 0. The molecule has 0 aromatic heterocycles. The number of hydrogen-bond acceptors (Lipinski definition) is 8. The Morgan fingerprint density at radius 1 is 1.00 bits per heavy atom. The molecule has 0 unspecified atom stereocenters. The third kappa shape index (κ3) is 4.19. The maximum Gasteiger partial charge on any atom is 0.252 e. The summed E-state index contributed by atoms with van der Waals surface area (Å²) < 4.78 is 29.3. The number of amides is 1. The highest BCUT2D eigenvalue weighted by Crippen LogP contribution is 2.41. The first kappa shape index (κ1) is 21.4. The molecule has 0 spiro atoms. The van der Waals surface area contributed by atoms with Crippen molar-refractivity contribution in [1.29, 1.82) is 0 Å². The molecule has 3 aliphatic heterocycles. The molecule has 1 saturated carbocycles. The number of carbonyl (C=O) groups is 1. The van der Waals surface area contributed by atoms with Crippen molar-refractivity contribution < 1.29 is 38.7 Å². The monoisotopic (exact) mass is 415 g/mol. The number of hydrogen-bond donors (Lipinski definition) is 3. The fourth-order valence-corrected chi connectivity index (χ4v) is 5.05. The first-order chi connectivity index (χ1) is 13.4. The maximum atomic E-state index is 12.8. The summed E-state index contributed by atoms with van der Waals surface area (Å²) in [4.78, 5) is 12.8. The van der Waals surface area contributed by atoms with Crippen molar-refractivity contribution in [3.05, 3.63) is 0 Å². The van der Waals surface area contributed by atoms with Crippen LogP contribution < -0.4 is 5.32 Å². The number of aliphatic hydroxyl groups excluding tert-OH is 1. The molecule has 4 rings (SSSR count). The lowest BCUT2D eigenvalue weighted by molar-refractivity contribution is -0.161. The Morgan fingerprint density at radius 2 is 1.62 bits per heavy atom. The van der Waals surface area contributed by atoms with Crippen LogP contribution in [0.5, 0.6) is 0 Å². The molecule has 1 amide bonds. The van der Waals surface area contributed by atoms with E-state index in [0.29, 0.717) is 6.42 Å². The zero-order chi connectivity index (χ0) is 21.2. The van der Waals surface area contributed by atoms with Gasteiger partial charge in [-0.1, -0.05) is 0 Å². The number of ether oxygens (including phenoxy) is 5. The summed E-state index contributed by atoms with van der Waals surface area (Å²) in [6.45, 7) is 9.43. The summed E-state index contributed by atoms with van der Waals surface area (Å²) in [5.74, 6) is -2.03. The molecule has 3 heterocycles. The van der Waals surface area contributed by atoms with Gasteiger partial charge < -0.3 is 39.2 Å². The summed E-state index contributed by atoms with van der Waals surface area (Å²) in [6, 6.07) is 0. The average Bonchev–Trinajstić information content (AvgIpc) is 3.06. The van der Waals surface area contributed by atoms with Crippen LogP contribution in [0.4, 0.5) is 0 Å². The van der Waals surface area contributed by atoms with Gasteiger partial charge in [0, 0.05) is 25.8 Å². The maximum absolute atomic E-state index is 12.8. The summed E-state index contributed by atoms with van der Waals surface area (Å²) in [6.07, 6.45) is -2.13. The normalized spacial score (nSPS) is 48.0. The zero-order valence-corrected chi connectivity index (χ0v) is 17.7. The summed E-state index contributed by atoms with van der Waals surface area (Å²) >= 11 is 0. The molecular formula is C20H33NO8. The van der Waals surface area contributed by atoms with E-state index in [4.69, 9.17) is 23.7 Å². The molecule has 0 radical (unpaired) electrons.